The summed E-state index contributed by atoms with van der Waals surface area (Å²) in [5.74, 6) is -0.114. The lowest BCUT2D eigenvalue weighted by Gasteiger charge is -2.05. The molecule has 1 fully saturated rings. The largest absolute Gasteiger partial charge is 0.326 e. The third-order valence-electron chi connectivity index (χ3n) is 3.03. The van der Waals surface area contributed by atoms with Crippen molar-refractivity contribution in [3.63, 3.8) is 0 Å². The normalized spacial score (nSPS) is 16.0. The van der Waals surface area contributed by atoms with Gasteiger partial charge in [0.05, 0.1) is 5.69 Å². The summed E-state index contributed by atoms with van der Waals surface area (Å²) in [6, 6.07) is 9.16. The van der Waals surface area contributed by atoms with E-state index in [-0.39, 0.29) is 5.70 Å². The third kappa shape index (κ3) is 2.64. The van der Waals surface area contributed by atoms with Crippen LogP contribution in [0, 0.1) is 6.92 Å². The summed E-state index contributed by atoms with van der Waals surface area (Å²) in [5.41, 5.74) is 2.84. The number of aryl methyl sites for hydroxylation is 1. The minimum absolute atomic E-state index is 0.142. The molecular weight excluding hydrogens is 268 g/mol. The van der Waals surface area contributed by atoms with E-state index in [1.807, 2.05) is 37.3 Å². The zero-order valence-electron chi connectivity index (χ0n) is 11.3. The summed E-state index contributed by atoms with van der Waals surface area (Å²) in [6.07, 6.45) is 3.14. The minimum Gasteiger partial charge on any atom is -0.303 e. The van der Waals surface area contributed by atoms with Gasteiger partial charge in [-0.05, 0) is 12.5 Å². The van der Waals surface area contributed by atoms with Gasteiger partial charge in [-0.15, -0.1) is 0 Å². The molecular formula is C15H12N4O2. The van der Waals surface area contributed by atoms with E-state index in [1.165, 1.54) is 6.08 Å². The fraction of sp³-hybridized carbons (Fsp3) is 0.0667. The van der Waals surface area contributed by atoms with Crippen LogP contribution in [0.1, 0.15) is 11.4 Å². The van der Waals surface area contributed by atoms with E-state index in [4.69, 9.17) is 0 Å². The number of hydrogen-bond acceptors (Lipinski definition) is 4. The van der Waals surface area contributed by atoms with Crippen LogP contribution in [0.2, 0.25) is 0 Å². The lowest BCUT2D eigenvalue weighted by atomic mass is 10.1. The third-order valence-corrected chi connectivity index (χ3v) is 3.03. The van der Waals surface area contributed by atoms with E-state index >= 15 is 0 Å². The van der Waals surface area contributed by atoms with E-state index in [0.717, 1.165) is 16.8 Å². The van der Waals surface area contributed by atoms with Crippen molar-refractivity contribution in [2.45, 2.75) is 6.92 Å². The Hall–Kier alpha value is -3.02. The van der Waals surface area contributed by atoms with Crippen LogP contribution in [-0.2, 0) is 4.79 Å². The highest BCUT2D eigenvalue weighted by atomic mass is 16.2. The molecule has 1 aliphatic rings. The van der Waals surface area contributed by atoms with E-state index in [9.17, 15) is 9.59 Å². The maximum atomic E-state index is 11.5. The monoisotopic (exact) mass is 280 g/mol. The van der Waals surface area contributed by atoms with E-state index in [0.29, 0.717) is 5.82 Å². The minimum atomic E-state index is -0.540. The first-order valence-electron chi connectivity index (χ1n) is 6.36. The smallest absolute Gasteiger partial charge is 0.303 e. The number of imide groups is 1. The average molecular weight is 280 g/mol. The highest BCUT2D eigenvalue weighted by Gasteiger charge is 2.23. The predicted molar refractivity (Wildman–Crippen MR) is 76.9 cm³/mol. The summed E-state index contributed by atoms with van der Waals surface area (Å²) < 4.78 is 0. The molecule has 104 valence electrons. The van der Waals surface area contributed by atoms with Gasteiger partial charge >= 0.3 is 6.03 Å². The zero-order valence-corrected chi connectivity index (χ0v) is 11.3. The van der Waals surface area contributed by atoms with E-state index in [1.54, 1.807) is 6.20 Å². The van der Waals surface area contributed by atoms with Crippen molar-refractivity contribution in [2.24, 2.45) is 0 Å². The maximum absolute atomic E-state index is 11.5. The Balaban J connectivity index is 2.01. The number of nitrogens with zero attached hydrogens (tertiary/aromatic N) is 2. The molecule has 6 nitrogen and oxygen atoms in total. The molecule has 0 atom stereocenters. The number of hydrogen-bond donors (Lipinski definition) is 2. The van der Waals surface area contributed by atoms with E-state index < -0.39 is 11.9 Å². The molecule has 3 rings (SSSR count). The molecule has 0 spiro atoms. The highest BCUT2D eigenvalue weighted by Crippen LogP contribution is 2.20. The lowest BCUT2D eigenvalue weighted by Crippen LogP contribution is -2.22. The number of carbonyl (C=O) groups is 2. The van der Waals surface area contributed by atoms with Gasteiger partial charge in [0, 0.05) is 17.8 Å². The Kier molecular flexibility index (Phi) is 3.19. The van der Waals surface area contributed by atoms with Crippen LogP contribution in [0.5, 0.6) is 0 Å². The van der Waals surface area contributed by atoms with Gasteiger partial charge in [0.15, 0.2) is 5.82 Å². The predicted octanol–water partition coefficient (Wildman–Crippen LogP) is 1.63. The van der Waals surface area contributed by atoms with Gasteiger partial charge in [-0.3, -0.25) is 10.1 Å². The Morgan fingerprint density at radius 3 is 2.52 bits per heavy atom. The van der Waals surface area contributed by atoms with E-state index in [2.05, 4.69) is 20.6 Å². The Labute approximate surface area is 120 Å². The average Bonchev–Trinajstić information content (AvgIpc) is 2.80. The molecule has 2 aromatic rings. The summed E-state index contributed by atoms with van der Waals surface area (Å²) in [4.78, 5) is 31.2. The summed E-state index contributed by atoms with van der Waals surface area (Å²) in [5, 5.41) is 4.54. The fourth-order valence-electron chi connectivity index (χ4n) is 2.02. The van der Waals surface area contributed by atoms with Gasteiger partial charge in [-0.1, -0.05) is 30.3 Å². The summed E-state index contributed by atoms with van der Waals surface area (Å²) in [7, 11) is 0. The van der Waals surface area contributed by atoms with Crippen molar-refractivity contribution < 1.29 is 9.59 Å². The van der Waals surface area contributed by atoms with Crippen molar-refractivity contribution in [1.82, 2.24) is 20.6 Å². The molecule has 0 bridgehead atoms. The maximum Gasteiger partial charge on any atom is 0.326 e. The van der Waals surface area contributed by atoms with Crippen molar-refractivity contribution in [1.29, 1.82) is 0 Å². The lowest BCUT2D eigenvalue weighted by molar-refractivity contribution is -0.115. The molecule has 0 aliphatic carbocycles. The molecule has 2 N–H and O–H groups in total. The van der Waals surface area contributed by atoms with Crippen molar-refractivity contribution in [2.75, 3.05) is 0 Å². The van der Waals surface area contributed by atoms with Gasteiger partial charge in [0.2, 0.25) is 0 Å². The fourth-order valence-corrected chi connectivity index (χ4v) is 2.02. The van der Waals surface area contributed by atoms with Crippen LogP contribution < -0.4 is 10.6 Å². The highest BCUT2D eigenvalue weighted by molar-refractivity contribution is 6.13. The number of nitrogens with one attached hydrogen (secondary N) is 2. The molecule has 1 aliphatic heterocycles. The first-order valence-corrected chi connectivity index (χ1v) is 6.36. The summed E-state index contributed by atoms with van der Waals surface area (Å²) >= 11 is 0. The molecule has 1 saturated heterocycles. The van der Waals surface area contributed by atoms with Crippen molar-refractivity contribution >= 4 is 18.0 Å². The molecule has 2 heterocycles. The van der Waals surface area contributed by atoms with Crippen LogP contribution in [-0.4, -0.2) is 21.9 Å². The number of amides is 3. The van der Waals surface area contributed by atoms with Gasteiger partial charge in [0.1, 0.15) is 5.70 Å². The van der Waals surface area contributed by atoms with Gasteiger partial charge < -0.3 is 5.32 Å². The zero-order chi connectivity index (χ0) is 14.8. The second kappa shape index (κ2) is 5.16. The SMILES string of the molecule is Cc1cnc(/C=C2\NC(=O)NC2=O)nc1-c1ccccc1. The second-order valence-corrected chi connectivity index (χ2v) is 4.59. The van der Waals surface area contributed by atoms with Crippen molar-refractivity contribution in [3.05, 3.63) is 53.6 Å². The quantitative estimate of drug-likeness (QED) is 0.647. The Morgan fingerprint density at radius 1 is 1.10 bits per heavy atom. The first kappa shape index (κ1) is 13.0. The number of urea groups is 1. The molecule has 21 heavy (non-hydrogen) atoms. The van der Waals surface area contributed by atoms with Crippen molar-refractivity contribution in [3.8, 4) is 11.3 Å². The molecule has 6 heteroatoms. The standard InChI is InChI=1S/C15H12N4O2/c1-9-8-16-12(7-11-14(20)19-15(21)17-11)18-13(9)10-5-3-2-4-6-10/h2-8H,1H3,(H2,17,19,20,21)/b11-7-. The molecule has 1 aromatic carbocycles. The number of carbonyl (C=O) groups excluding carboxylic acids is 2. The number of benzene rings is 1. The van der Waals surface area contributed by atoms with Gasteiger partial charge in [-0.2, -0.15) is 0 Å². The van der Waals surface area contributed by atoms with Crippen LogP contribution in [0.4, 0.5) is 4.79 Å². The second-order valence-electron chi connectivity index (χ2n) is 4.59. The van der Waals surface area contributed by atoms with Gasteiger partial charge in [-0.25, -0.2) is 14.8 Å². The number of rotatable bonds is 2. The number of aromatic nitrogens is 2. The first-order chi connectivity index (χ1) is 10.1. The molecule has 0 radical (unpaired) electrons. The Bertz CT molecular complexity index is 754. The molecule has 0 unspecified atom stereocenters. The molecule has 3 amide bonds. The molecule has 0 saturated carbocycles. The van der Waals surface area contributed by atoms with Crippen LogP contribution in [0.15, 0.2) is 42.2 Å². The van der Waals surface area contributed by atoms with Crippen LogP contribution in [0.25, 0.3) is 17.3 Å². The van der Waals surface area contributed by atoms with Crippen LogP contribution >= 0.6 is 0 Å². The molecule has 1 aromatic heterocycles. The Morgan fingerprint density at radius 2 is 1.86 bits per heavy atom. The topological polar surface area (TPSA) is 84.0 Å². The van der Waals surface area contributed by atoms with Gasteiger partial charge in [0.25, 0.3) is 5.91 Å². The summed E-state index contributed by atoms with van der Waals surface area (Å²) in [6.45, 7) is 1.92. The van der Waals surface area contributed by atoms with Crippen LogP contribution in [0.3, 0.4) is 0 Å².